The summed E-state index contributed by atoms with van der Waals surface area (Å²) in [4.78, 5) is 47.7. The van der Waals surface area contributed by atoms with E-state index < -0.39 is 36.0 Å². The highest BCUT2D eigenvalue weighted by atomic mass is 16.5. The molecule has 0 radical (unpaired) electrons. The van der Waals surface area contributed by atoms with Crippen LogP contribution in [0.3, 0.4) is 0 Å². The van der Waals surface area contributed by atoms with Gasteiger partial charge in [0.25, 0.3) is 0 Å². The van der Waals surface area contributed by atoms with Crippen LogP contribution >= 0.6 is 0 Å². The summed E-state index contributed by atoms with van der Waals surface area (Å²) in [6, 6.07) is -3.00. The van der Waals surface area contributed by atoms with E-state index in [0.717, 1.165) is 19.3 Å². The molecule has 2 unspecified atom stereocenters. The van der Waals surface area contributed by atoms with E-state index in [2.05, 4.69) is 10.6 Å². The third-order valence-corrected chi connectivity index (χ3v) is 4.28. The summed E-state index contributed by atoms with van der Waals surface area (Å²) in [5.41, 5.74) is 5.40. The van der Waals surface area contributed by atoms with Gasteiger partial charge >= 0.3 is 23.9 Å². The highest BCUT2D eigenvalue weighted by molar-refractivity contribution is 5.86. The number of aliphatic carboxylic acids is 1. The Morgan fingerprint density at radius 3 is 2.03 bits per heavy atom. The van der Waals surface area contributed by atoms with Crippen LogP contribution in [0.2, 0.25) is 0 Å². The van der Waals surface area contributed by atoms with Gasteiger partial charge in [-0.1, -0.05) is 26.7 Å². The van der Waals surface area contributed by atoms with Crippen molar-refractivity contribution >= 4 is 23.9 Å². The van der Waals surface area contributed by atoms with E-state index in [-0.39, 0.29) is 25.9 Å². The Balaban J connectivity index is 4.81. The van der Waals surface area contributed by atoms with Crippen LogP contribution in [0.15, 0.2) is 0 Å². The maximum absolute atomic E-state index is 12.3. The number of carboxylic acid groups (broad SMARTS) is 1. The maximum atomic E-state index is 12.3. The summed E-state index contributed by atoms with van der Waals surface area (Å²) >= 11 is 0. The first-order chi connectivity index (χ1) is 14.3. The van der Waals surface area contributed by atoms with E-state index in [1.54, 1.807) is 0 Å². The number of amides is 2. The third-order valence-electron chi connectivity index (χ3n) is 4.28. The minimum atomic E-state index is -1.18. The van der Waals surface area contributed by atoms with Gasteiger partial charge in [-0.3, -0.25) is 4.79 Å². The zero-order chi connectivity index (χ0) is 22.8. The van der Waals surface area contributed by atoms with Gasteiger partial charge in [0.15, 0.2) is 0 Å². The number of urea groups is 1. The number of ether oxygens (including phenoxy) is 2. The molecule has 0 saturated carbocycles. The highest BCUT2D eigenvalue weighted by Gasteiger charge is 2.26. The van der Waals surface area contributed by atoms with Gasteiger partial charge in [0.1, 0.15) is 12.1 Å². The van der Waals surface area contributed by atoms with Crippen molar-refractivity contribution in [2.75, 3.05) is 19.8 Å². The minimum absolute atomic E-state index is 0.00571. The van der Waals surface area contributed by atoms with Crippen molar-refractivity contribution in [3.05, 3.63) is 0 Å². The number of esters is 2. The van der Waals surface area contributed by atoms with Gasteiger partial charge in [0.05, 0.1) is 13.2 Å². The fourth-order valence-electron chi connectivity index (χ4n) is 2.44. The second-order valence-corrected chi connectivity index (χ2v) is 6.98. The second-order valence-electron chi connectivity index (χ2n) is 6.98. The molecule has 2 amide bonds. The van der Waals surface area contributed by atoms with Gasteiger partial charge in [-0.2, -0.15) is 0 Å². The van der Waals surface area contributed by atoms with Crippen molar-refractivity contribution in [2.45, 2.75) is 83.7 Å². The van der Waals surface area contributed by atoms with Gasteiger partial charge in [0.2, 0.25) is 0 Å². The van der Waals surface area contributed by atoms with E-state index >= 15 is 0 Å². The van der Waals surface area contributed by atoms with E-state index in [0.29, 0.717) is 32.4 Å². The van der Waals surface area contributed by atoms with Crippen molar-refractivity contribution in [1.82, 2.24) is 10.6 Å². The summed E-state index contributed by atoms with van der Waals surface area (Å²) in [7, 11) is 0. The molecule has 10 nitrogen and oxygen atoms in total. The molecule has 174 valence electrons. The fourth-order valence-corrected chi connectivity index (χ4v) is 2.44. The van der Waals surface area contributed by atoms with Crippen molar-refractivity contribution in [3.8, 4) is 0 Å². The summed E-state index contributed by atoms with van der Waals surface area (Å²) in [6.07, 6.45) is 4.46. The van der Waals surface area contributed by atoms with E-state index in [1.807, 2.05) is 13.8 Å². The van der Waals surface area contributed by atoms with E-state index in [4.69, 9.17) is 15.2 Å². The van der Waals surface area contributed by atoms with Crippen LogP contribution in [0.1, 0.15) is 71.6 Å². The summed E-state index contributed by atoms with van der Waals surface area (Å²) < 4.78 is 10.2. The molecule has 2 atom stereocenters. The Labute approximate surface area is 178 Å². The predicted octanol–water partition coefficient (Wildman–Crippen LogP) is 1.70. The van der Waals surface area contributed by atoms with Crippen LogP contribution < -0.4 is 16.4 Å². The average molecular weight is 432 g/mol. The normalized spacial score (nSPS) is 12.5. The first-order valence-electron chi connectivity index (χ1n) is 10.7. The fraction of sp³-hybridized carbons (Fsp3) is 0.800. The number of nitrogens with two attached hydrogens (primary N) is 1. The highest BCUT2D eigenvalue weighted by Crippen LogP contribution is 2.05. The Hall–Kier alpha value is -2.36. The molecular formula is C20H37N3O7. The molecule has 0 bridgehead atoms. The summed E-state index contributed by atoms with van der Waals surface area (Å²) in [5, 5.41) is 14.0. The average Bonchev–Trinajstić information content (AvgIpc) is 2.70. The molecule has 5 N–H and O–H groups in total. The molecule has 0 aliphatic carbocycles. The van der Waals surface area contributed by atoms with E-state index in [1.165, 1.54) is 0 Å². The van der Waals surface area contributed by atoms with Crippen molar-refractivity contribution < 1.29 is 33.8 Å². The Bertz CT molecular complexity index is 529. The van der Waals surface area contributed by atoms with Crippen LogP contribution in [-0.2, 0) is 23.9 Å². The van der Waals surface area contributed by atoms with Crippen molar-refractivity contribution in [2.24, 2.45) is 5.73 Å². The molecular weight excluding hydrogens is 394 g/mol. The molecule has 0 aliphatic rings. The standard InChI is InChI=1S/C20H37N3O7/c1-3-5-13-29-17(24)11-10-16(19(27)30-14-6-4-2)23-20(28)22-15(18(25)26)9-7-8-12-21/h15-16H,3-14,21H2,1-2H3,(H,25,26)(H2,22,23,28). The molecule has 0 aromatic rings. The monoisotopic (exact) mass is 431 g/mol. The second kappa shape index (κ2) is 17.5. The molecule has 0 saturated heterocycles. The molecule has 30 heavy (non-hydrogen) atoms. The quantitative estimate of drug-likeness (QED) is 0.200. The Kier molecular flexibility index (Phi) is 16.1. The van der Waals surface area contributed by atoms with Crippen molar-refractivity contribution in [1.29, 1.82) is 0 Å². The summed E-state index contributed by atoms with van der Waals surface area (Å²) in [6.45, 7) is 4.85. The lowest BCUT2D eigenvalue weighted by atomic mass is 10.1. The van der Waals surface area contributed by atoms with Crippen LogP contribution in [0.4, 0.5) is 4.79 Å². The lowest BCUT2D eigenvalue weighted by Gasteiger charge is -2.20. The van der Waals surface area contributed by atoms with Gasteiger partial charge in [-0.05, 0) is 45.1 Å². The smallest absolute Gasteiger partial charge is 0.328 e. The Morgan fingerprint density at radius 2 is 1.47 bits per heavy atom. The third kappa shape index (κ3) is 13.8. The number of nitrogens with one attached hydrogen (secondary N) is 2. The maximum Gasteiger partial charge on any atom is 0.328 e. The number of carboxylic acids is 1. The number of rotatable bonds is 17. The van der Waals surface area contributed by atoms with Crippen LogP contribution in [0.25, 0.3) is 0 Å². The zero-order valence-electron chi connectivity index (χ0n) is 18.1. The summed E-state index contributed by atoms with van der Waals surface area (Å²) in [5.74, 6) is -2.32. The number of hydrogen-bond acceptors (Lipinski definition) is 7. The molecule has 0 heterocycles. The first-order valence-corrected chi connectivity index (χ1v) is 10.7. The van der Waals surface area contributed by atoms with Crippen LogP contribution in [0.5, 0.6) is 0 Å². The largest absolute Gasteiger partial charge is 0.480 e. The zero-order valence-corrected chi connectivity index (χ0v) is 18.1. The molecule has 10 heteroatoms. The number of unbranched alkanes of at least 4 members (excludes halogenated alkanes) is 3. The topological polar surface area (TPSA) is 157 Å². The minimum Gasteiger partial charge on any atom is -0.480 e. The van der Waals surface area contributed by atoms with Gasteiger partial charge in [-0.15, -0.1) is 0 Å². The van der Waals surface area contributed by atoms with Gasteiger partial charge in [0, 0.05) is 6.42 Å². The molecule has 0 aromatic carbocycles. The molecule has 0 aliphatic heterocycles. The first kappa shape index (κ1) is 27.6. The van der Waals surface area contributed by atoms with E-state index in [9.17, 15) is 24.3 Å². The number of carbonyl (C=O) groups excluding carboxylic acids is 3. The number of hydrogen-bond donors (Lipinski definition) is 4. The van der Waals surface area contributed by atoms with Crippen molar-refractivity contribution in [3.63, 3.8) is 0 Å². The van der Waals surface area contributed by atoms with Crippen LogP contribution in [0, 0.1) is 0 Å². The SMILES string of the molecule is CCCCOC(=O)CCC(NC(=O)NC(CCCCN)C(=O)O)C(=O)OCCCC. The van der Waals surface area contributed by atoms with Gasteiger partial charge in [-0.25, -0.2) is 14.4 Å². The molecule has 0 aromatic heterocycles. The number of carbonyl (C=O) groups is 4. The lowest BCUT2D eigenvalue weighted by Crippen LogP contribution is -2.51. The molecule has 0 fully saturated rings. The predicted molar refractivity (Wildman–Crippen MR) is 111 cm³/mol. The molecule has 0 spiro atoms. The molecule has 0 rings (SSSR count). The van der Waals surface area contributed by atoms with Crippen LogP contribution in [-0.4, -0.2) is 60.9 Å². The lowest BCUT2D eigenvalue weighted by molar-refractivity contribution is -0.147. The Morgan fingerprint density at radius 1 is 0.867 bits per heavy atom. The van der Waals surface area contributed by atoms with Gasteiger partial charge < -0.3 is 30.9 Å².